The highest BCUT2D eigenvalue weighted by Gasteiger charge is 2.32. The van der Waals surface area contributed by atoms with Gasteiger partial charge in [0.15, 0.2) is 3.68 Å². The van der Waals surface area contributed by atoms with Gasteiger partial charge in [-0.25, -0.2) is 9.37 Å². The van der Waals surface area contributed by atoms with Crippen LogP contribution in [0.4, 0.5) is 10.2 Å². The summed E-state index contributed by atoms with van der Waals surface area (Å²) >= 11 is 1.92. The first-order valence-corrected chi connectivity index (χ1v) is 9.64. The van der Waals surface area contributed by atoms with Crippen molar-refractivity contribution in [3.63, 3.8) is 0 Å². The number of aromatic nitrogens is 2. The molecule has 6 heteroatoms. The van der Waals surface area contributed by atoms with E-state index in [1.165, 1.54) is 0 Å². The summed E-state index contributed by atoms with van der Waals surface area (Å²) in [6, 6.07) is 13.8. The number of pyridine rings is 1. The number of hydrogen-bond acceptors (Lipinski definition) is 3. The Morgan fingerprint density at radius 2 is 1.88 bits per heavy atom. The van der Waals surface area contributed by atoms with E-state index in [0.29, 0.717) is 31.5 Å². The molecule has 0 saturated carbocycles. The lowest BCUT2D eigenvalue weighted by molar-refractivity contribution is 0.257. The van der Waals surface area contributed by atoms with Gasteiger partial charge < -0.3 is 9.47 Å². The van der Waals surface area contributed by atoms with Crippen LogP contribution in [0.25, 0.3) is 22.2 Å². The van der Waals surface area contributed by atoms with Crippen LogP contribution in [0.15, 0.2) is 42.6 Å². The van der Waals surface area contributed by atoms with E-state index in [-0.39, 0.29) is 0 Å². The predicted octanol–water partition coefficient (Wildman–Crippen LogP) is 4.81. The van der Waals surface area contributed by atoms with E-state index in [9.17, 15) is 4.39 Å². The Hall–Kier alpha value is -2.14. The molecule has 0 aliphatic carbocycles. The van der Waals surface area contributed by atoms with E-state index in [4.69, 9.17) is 10.2 Å². The zero-order valence-corrected chi connectivity index (χ0v) is 16.6. The van der Waals surface area contributed by atoms with Crippen molar-refractivity contribution in [1.29, 1.82) is 5.26 Å². The average Bonchev–Trinajstić information content (AvgIpc) is 3.01. The first-order valence-electron chi connectivity index (χ1n) is 8.56. The maximum atomic E-state index is 14.2. The van der Waals surface area contributed by atoms with Crippen molar-refractivity contribution in [2.45, 2.75) is 16.5 Å². The molecule has 1 aliphatic heterocycles. The smallest absolute Gasteiger partial charge is 0.164 e. The monoisotopic (exact) mass is 460 g/mol. The van der Waals surface area contributed by atoms with Gasteiger partial charge in [-0.3, -0.25) is 0 Å². The number of rotatable bonds is 2. The molecule has 1 aliphatic rings. The minimum absolute atomic E-state index is 0.495. The van der Waals surface area contributed by atoms with Gasteiger partial charge in [0.25, 0.3) is 0 Å². The summed E-state index contributed by atoms with van der Waals surface area (Å²) in [6.07, 6.45) is 2.99. The highest BCUT2D eigenvalue weighted by Crippen LogP contribution is 2.38. The molecule has 3 heterocycles. The Morgan fingerprint density at radius 3 is 2.54 bits per heavy atom. The molecule has 0 N–H and O–H groups in total. The van der Waals surface area contributed by atoms with E-state index in [1.807, 2.05) is 70.7 Å². The molecule has 4 rings (SSSR count). The molecule has 0 bridgehead atoms. The first kappa shape index (κ1) is 17.3. The van der Waals surface area contributed by atoms with Crippen LogP contribution in [0.1, 0.15) is 18.4 Å². The number of benzene rings is 1. The molecular weight excluding hydrogens is 442 g/mol. The molecule has 1 aromatic carbocycles. The van der Waals surface area contributed by atoms with Crippen LogP contribution in [0.5, 0.6) is 0 Å². The molecule has 0 amide bonds. The third-order valence-electron chi connectivity index (χ3n) is 4.97. The minimum Gasteiger partial charge on any atom is -0.356 e. The normalized spacial score (nSPS) is 16.6. The van der Waals surface area contributed by atoms with Gasteiger partial charge in [0.05, 0.1) is 22.7 Å². The second kappa shape index (κ2) is 6.54. The van der Waals surface area contributed by atoms with E-state index in [1.54, 1.807) is 0 Å². The summed E-state index contributed by atoms with van der Waals surface area (Å²) in [5.74, 6) is 0.889. The highest BCUT2D eigenvalue weighted by molar-refractivity contribution is 14.1. The number of aryl methyl sites for hydroxylation is 1. The van der Waals surface area contributed by atoms with Crippen molar-refractivity contribution < 1.29 is 4.39 Å². The molecule has 0 spiro atoms. The number of halogens is 2. The molecule has 3 aromatic rings. The zero-order valence-electron chi connectivity index (χ0n) is 14.4. The number of alkyl halides is 2. The van der Waals surface area contributed by atoms with Crippen LogP contribution in [-0.2, 0) is 7.05 Å². The van der Waals surface area contributed by atoms with Crippen molar-refractivity contribution in [2.75, 3.05) is 18.0 Å². The molecule has 0 unspecified atom stereocenters. The van der Waals surface area contributed by atoms with E-state index < -0.39 is 3.68 Å². The fraction of sp³-hybridized carbons (Fsp3) is 0.300. The molecule has 1 fully saturated rings. The Morgan fingerprint density at radius 1 is 1.19 bits per heavy atom. The maximum Gasteiger partial charge on any atom is 0.164 e. The van der Waals surface area contributed by atoms with Crippen LogP contribution < -0.4 is 4.90 Å². The van der Waals surface area contributed by atoms with Crippen molar-refractivity contribution in [1.82, 2.24) is 9.55 Å². The fourth-order valence-corrected chi connectivity index (χ4v) is 3.88. The minimum atomic E-state index is -1.13. The molecule has 0 atom stereocenters. The Labute approximate surface area is 165 Å². The Balaban J connectivity index is 1.83. The van der Waals surface area contributed by atoms with Gasteiger partial charge in [0.1, 0.15) is 5.82 Å². The van der Waals surface area contributed by atoms with Crippen molar-refractivity contribution in [3.8, 4) is 17.2 Å². The Bertz CT molecular complexity index is 991. The number of nitrogens with zero attached hydrogens (tertiary/aromatic N) is 4. The van der Waals surface area contributed by atoms with E-state index in [2.05, 4.69) is 17.0 Å². The lowest BCUT2D eigenvalue weighted by Gasteiger charge is -2.35. The molecule has 1 saturated heterocycles. The largest absolute Gasteiger partial charge is 0.356 e. The summed E-state index contributed by atoms with van der Waals surface area (Å²) in [4.78, 5) is 7.08. The Kier molecular flexibility index (Phi) is 4.35. The summed E-state index contributed by atoms with van der Waals surface area (Å²) in [7, 11) is 2.00. The third kappa shape index (κ3) is 3.16. The second-order valence-electron chi connectivity index (χ2n) is 6.72. The van der Waals surface area contributed by atoms with Crippen molar-refractivity contribution >= 4 is 39.4 Å². The molecule has 0 radical (unpaired) electrons. The molecule has 2 aromatic heterocycles. The van der Waals surface area contributed by atoms with Gasteiger partial charge in [-0.05, 0) is 52.4 Å². The summed E-state index contributed by atoms with van der Waals surface area (Å²) in [5, 5.41) is 9.05. The van der Waals surface area contributed by atoms with Gasteiger partial charge in [-0.15, -0.1) is 0 Å². The van der Waals surface area contributed by atoms with E-state index in [0.717, 1.165) is 28.0 Å². The second-order valence-corrected chi connectivity index (χ2v) is 8.66. The van der Waals surface area contributed by atoms with Crippen molar-refractivity contribution in [2.24, 2.45) is 7.05 Å². The predicted molar refractivity (Wildman–Crippen MR) is 110 cm³/mol. The quantitative estimate of drug-likeness (QED) is 0.407. The van der Waals surface area contributed by atoms with Crippen molar-refractivity contribution in [3.05, 3.63) is 48.2 Å². The lowest BCUT2D eigenvalue weighted by atomic mass is 10.0. The van der Waals surface area contributed by atoms with Crippen LogP contribution in [0, 0.1) is 11.3 Å². The lowest BCUT2D eigenvalue weighted by Crippen LogP contribution is -2.39. The van der Waals surface area contributed by atoms with Crippen LogP contribution >= 0.6 is 22.6 Å². The van der Waals surface area contributed by atoms with Gasteiger partial charge in [0.2, 0.25) is 0 Å². The number of hydrogen-bond donors (Lipinski definition) is 0. The van der Waals surface area contributed by atoms with Gasteiger partial charge in [-0.1, -0.05) is 12.1 Å². The number of fused-ring (bicyclic) bond motifs is 1. The molecule has 26 heavy (non-hydrogen) atoms. The molecule has 4 nitrogen and oxygen atoms in total. The zero-order chi connectivity index (χ0) is 18.3. The summed E-state index contributed by atoms with van der Waals surface area (Å²) < 4.78 is 15.2. The van der Waals surface area contributed by atoms with Crippen LogP contribution in [0.2, 0.25) is 0 Å². The molecule has 132 valence electrons. The van der Waals surface area contributed by atoms with E-state index >= 15 is 0 Å². The third-order valence-corrected chi connectivity index (χ3v) is 6.04. The SMILES string of the molecule is Cn1ccc2nc(N3CCC(F)(I)CC3)c(-c3ccc(C#N)cc3)cc21. The number of anilines is 1. The van der Waals surface area contributed by atoms with Crippen LogP contribution in [0.3, 0.4) is 0 Å². The maximum absolute atomic E-state index is 14.2. The topological polar surface area (TPSA) is 44.9 Å². The number of nitriles is 1. The first-order chi connectivity index (χ1) is 12.5. The van der Waals surface area contributed by atoms with Gasteiger partial charge >= 0.3 is 0 Å². The molecular formula is C20H18FIN4. The highest BCUT2D eigenvalue weighted by atomic mass is 127. The fourth-order valence-electron chi connectivity index (χ4n) is 3.40. The summed E-state index contributed by atoms with van der Waals surface area (Å²) in [6.45, 7) is 1.29. The standard InChI is InChI=1S/C20H18FIN4/c1-25-9-6-17-18(25)12-16(15-4-2-14(13-23)3-5-15)19(24-17)26-10-7-20(21,22)8-11-26/h2-6,9,12H,7-8,10-11H2,1H3. The number of piperidine rings is 1. The summed E-state index contributed by atoms with van der Waals surface area (Å²) in [5.41, 5.74) is 4.66. The average molecular weight is 460 g/mol. The van der Waals surface area contributed by atoms with Gasteiger partial charge in [-0.2, -0.15) is 5.26 Å². The van der Waals surface area contributed by atoms with Gasteiger partial charge in [0, 0.05) is 44.7 Å². The van der Waals surface area contributed by atoms with Crippen LogP contribution in [-0.4, -0.2) is 26.3 Å².